The van der Waals surface area contributed by atoms with Gasteiger partial charge in [-0.2, -0.15) is 8.42 Å². The molecule has 0 aliphatic carbocycles. The van der Waals surface area contributed by atoms with E-state index in [1.807, 2.05) is 0 Å². The highest BCUT2D eigenvalue weighted by atomic mass is 32.3. The van der Waals surface area contributed by atoms with Gasteiger partial charge < -0.3 is 10.0 Å². The minimum absolute atomic E-state index is 0.0902. The van der Waals surface area contributed by atoms with Crippen molar-refractivity contribution < 1.29 is 27.4 Å². The third kappa shape index (κ3) is 22.0. The maximum atomic E-state index is 10.9. The number of carbonyl (C=O) groups is 1. The van der Waals surface area contributed by atoms with Gasteiger partial charge in [-0.15, -0.1) is 0 Å². The molecule has 1 heterocycles. The number of unbranched alkanes of at least 4 members (excludes halogenated alkanes) is 13. The molecule has 1 saturated heterocycles. The van der Waals surface area contributed by atoms with E-state index in [1.54, 1.807) is 0 Å². The van der Waals surface area contributed by atoms with Crippen molar-refractivity contribution in [3.63, 3.8) is 0 Å². The van der Waals surface area contributed by atoms with Crippen LogP contribution in [0.5, 0.6) is 0 Å². The lowest BCUT2D eigenvalue weighted by atomic mass is 9.97. The van der Waals surface area contributed by atoms with Gasteiger partial charge in [-0.1, -0.05) is 90.4 Å². The second-order valence-electron chi connectivity index (χ2n) is 8.50. The predicted molar refractivity (Wildman–Crippen MR) is 121 cm³/mol. The highest BCUT2D eigenvalue weighted by molar-refractivity contribution is 7.79. The van der Waals surface area contributed by atoms with Crippen molar-refractivity contribution in [1.82, 2.24) is 4.90 Å². The van der Waals surface area contributed by atoms with E-state index in [4.69, 9.17) is 22.6 Å². The molecule has 0 amide bonds. The molecule has 30 heavy (non-hydrogen) atoms. The van der Waals surface area contributed by atoms with Crippen LogP contribution in [0.2, 0.25) is 0 Å². The molecule has 0 aromatic heterocycles. The van der Waals surface area contributed by atoms with Crippen molar-refractivity contribution in [2.45, 2.75) is 110 Å². The highest BCUT2D eigenvalue weighted by Crippen LogP contribution is 2.18. The van der Waals surface area contributed by atoms with Crippen molar-refractivity contribution in [1.29, 1.82) is 0 Å². The van der Waals surface area contributed by atoms with Gasteiger partial charge in [0.05, 0.1) is 5.92 Å². The third-order valence-electron chi connectivity index (χ3n) is 5.76. The molecule has 180 valence electrons. The van der Waals surface area contributed by atoms with E-state index >= 15 is 0 Å². The Hall–Kier alpha value is -0.700. The first-order chi connectivity index (χ1) is 14.2. The molecule has 7 nitrogen and oxygen atoms in total. The number of carboxylic acid groups (broad SMARTS) is 1. The third-order valence-corrected chi connectivity index (χ3v) is 5.76. The summed E-state index contributed by atoms with van der Waals surface area (Å²) in [6, 6.07) is 0. The first kappa shape index (κ1) is 29.3. The number of hydrogen-bond donors (Lipinski definition) is 3. The van der Waals surface area contributed by atoms with Crippen LogP contribution in [0, 0.1) is 5.92 Å². The summed E-state index contributed by atoms with van der Waals surface area (Å²) in [5, 5.41) is 9.01. The van der Waals surface area contributed by atoms with Crippen molar-refractivity contribution in [2.75, 3.05) is 19.6 Å². The smallest absolute Gasteiger partial charge is 0.394 e. The number of likely N-dealkylation sites (tertiary alicyclic amines) is 1. The molecule has 1 aliphatic heterocycles. The highest BCUT2D eigenvalue weighted by Gasteiger charge is 2.23. The van der Waals surface area contributed by atoms with Gasteiger partial charge in [-0.05, 0) is 38.9 Å². The molecule has 1 fully saturated rings. The molecule has 0 saturated carbocycles. The maximum absolute atomic E-state index is 10.9. The Morgan fingerprint density at radius 2 is 1.10 bits per heavy atom. The van der Waals surface area contributed by atoms with E-state index < -0.39 is 16.4 Å². The lowest BCUT2D eigenvalue weighted by Gasteiger charge is -2.29. The minimum atomic E-state index is -4.67. The zero-order valence-corrected chi connectivity index (χ0v) is 19.8. The molecule has 1 rings (SSSR count). The van der Waals surface area contributed by atoms with Gasteiger partial charge >= 0.3 is 16.4 Å². The van der Waals surface area contributed by atoms with Crippen LogP contribution < -0.4 is 0 Å². The Morgan fingerprint density at radius 1 is 0.767 bits per heavy atom. The summed E-state index contributed by atoms with van der Waals surface area (Å²) in [6.07, 6.45) is 21.4. The van der Waals surface area contributed by atoms with Gasteiger partial charge in [0.15, 0.2) is 0 Å². The fourth-order valence-corrected chi connectivity index (χ4v) is 3.93. The molecular formula is C22H45NO6S. The summed E-state index contributed by atoms with van der Waals surface area (Å²) in [7, 11) is -4.67. The molecular weight excluding hydrogens is 406 g/mol. The molecule has 1 aliphatic rings. The summed E-state index contributed by atoms with van der Waals surface area (Å²) in [6.45, 7) is 5.42. The Kier molecular flexibility index (Phi) is 18.6. The standard InChI is InChI=1S/C22H43NO2.H2O4S/c1-2-3-4-5-6-7-8-9-10-11-12-13-14-15-18-23-19-16-21(17-20-23)22(24)25;1-5(2,3)4/h21H,2-20H2,1H3,(H,24,25);(H2,1,2,3,4). The second kappa shape index (κ2) is 19.0. The Morgan fingerprint density at radius 3 is 1.43 bits per heavy atom. The summed E-state index contributed by atoms with van der Waals surface area (Å²) in [5.74, 6) is -0.691. The number of rotatable bonds is 16. The van der Waals surface area contributed by atoms with Crippen molar-refractivity contribution in [3.05, 3.63) is 0 Å². The number of carboxylic acids is 1. The fourth-order valence-electron chi connectivity index (χ4n) is 3.93. The van der Waals surface area contributed by atoms with E-state index in [2.05, 4.69) is 11.8 Å². The van der Waals surface area contributed by atoms with E-state index in [0.29, 0.717) is 0 Å². The van der Waals surface area contributed by atoms with Crippen LogP contribution in [0.1, 0.15) is 110 Å². The minimum Gasteiger partial charge on any atom is -0.481 e. The first-order valence-corrected chi connectivity index (χ1v) is 13.3. The van der Waals surface area contributed by atoms with Crippen LogP contribution in [-0.2, 0) is 15.2 Å². The maximum Gasteiger partial charge on any atom is 0.394 e. The van der Waals surface area contributed by atoms with Crippen molar-refractivity contribution in [2.24, 2.45) is 5.92 Å². The van der Waals surface area contributed by atoms with Gasteiger partial charge in [0.1, 0.15) is 0 Å². The summed E-state index contributed by atoms with van der Waals surface area (Å²) in [5.41, 5.74) is 0. The lowest BCUT2D eigenvalue weighted by Crippen LogP contribution is -2.36. The van der Waals surface area contributed by atoms with Crippen LogP contribution in [0.15, 0.2) is 0 Å². The summed E-state index contributed by atoms with van der Waals surface area (Å²) < 4.78 is 31.6. The number of piperidine rings is 1. The molecule has 0 atom stereocenters. The van der Waals surface area contributed by atoms with E-state index in [9.17, 15) is 4.79 Å². The Labute approximate surface area is 184 Å². The molecule has 0 aromatic carbocycles. The van der Waals surface area contributed by atoms with Crippen molar-refractivity contribution >= 4 is 16.4 Å². The summed E-state index contributed by atoms with van der Waals surface area (Å²) in [4.78, 5) is 13.4. The molecule has 0 spiro atoms. The monoisotopic (exact) mass is 451 g/mol. The Balaban J connectivity index is 0.00000150. The van der Waals surface area contributed by atoms with E-state index in [-0.39, 0.29) is 5.92 Å². The topological polar surface area (TPSA) is 115 Å². The fraction of sp³-hybridized carbons (Fsp3) is 0.955. The van der Waals surface area contributed by atoms with Crippen LogP contribution in [-0.4, -0.2) is 53.1 Å². The van der Waals surface area contributed by atoms with Gasteiger partial charge in [-0.25, -0.2) is 0 Å². The van der Waals surface area contributed by atoms with E-state index in [0.717, 1.165) is 25.9 Å². The SMILES string of the molecule is CCCCCCCCCCCCCCCCN1CCC(C(=O)O)CC1.O=S(=O)(O)O. The van der Waals surface area contributed by atoms with E-state index in [1.165, 1.54) is 96.4 Å². The molecule has 0 bridgehead atoms. The molecule has 0 unspecified atom stereocenters. The molecule has 0 radical (unpaired) electrons. The largest absolute Gasteiger partial charge is 0.481 e. The van der Waals surface area contributed by atoms with Crippen LogP contribution in [0.3, 0.4) is 0 Å². The normalized spacial score (nSPS) is 15.6. The zero-order chi connectivity index (χ0) is 22.7. The molecule has 0 aromatic rings. The zero-order valence-electron chi connectivity index (χ0n) is 18.9. The number of hydrogen-bond acceptors (Lipinski definition) is 4. The average Bonchev–Trinajstić information content (AvgIpc) is 2.67. The molecule has 8 heteroatoms. The summed E-state index contributed by atoms with van der Waals surface area (Å²) >= 11 is 0. The van der Waals surface area contributed by atoms with Gasteiger partial charge in [0.25, 0.3) is 0 Å². The molecule has 3 N–H and O–H groups in total. The van der Waals surface area contributed by atoms with Crippen molar-refractivity contribution in [3.8, 4) is 0 Å². The second-order valence-corrected chi connectivity index (χ2v) is 9.39. The quantitative estimate of drug-likeness (QED) is 0.206. The van der Waals surface area contributed by atoms with Gasteiger partial charge in [0, 0.05) is 0 Å². The lowest BCUT2D eigenvalue weighted by molar-refractivity contribution is -0.143. The van der Waals surface area contributed by atoms with Crippen LogP contribution >= 0.6 is 0 Å². The van der Waals surface area contributed by atoms with Crippen LogP contribution in [0.4, 0.5) is 0 Å². The number of aliphatic carboxylic acids is 1. The van der Waals surface area contributed by atoms with Gasteiger partial charge in [-0.3, -0.25) is 13.9 Å². The Bertz CT molecular complexity index is 496. The average molecular weight is 452 g/mol. The van der Waals surface area contributed by atoms with Crippen LogP contribution in [0.25, 0.3) is 0 Å². The predicted octanol–water partition coefficient (Wildman–Crippen LogP) is 5.61. The first-order valence-electron chi connectivity index (χ1n) is 11.9. The number of nitrogens with zero attached hydrogens (tertiary/aromatic N) is 1. The van der Waals surface area contributed by atoms with Gasteiger partial charge in [0.2, 0.25) is 0 Å².